The molecule has 0 aliphatic rings. The molecule has 1 heterocycles. The van der Waals surface area contributed by atoms with Crippen LogP contribution in [0.2, 0.25) is 0 Å². The van der Waals surface area contributed by atoms with E-state index in [0.717, 1.165) is 12.8 Å². The third-order valence-electron chi connectivity index (χ3n) is 2.03. The fourth-order valence-electron chi connectivity index (χ4n) is 1.15. The van der Waals surface area contributed by atoms with E-state index in [1.54, 1.807) is 12.3 Å². The molecule has 5 heteroatoms. The molecule has 90 valence electrons. The van der Waals surface area contributed by atoms with Crippen LogP contribution in [-0.4, -0.2) is 30.8 Å². The normalized spacial score (nSPS) is 10.3. The molecule has 0 aliphatic carbocycles. The number of hydrogen-bond acceptors (Lipinski definition) is 4. The van der Waals surface area contributed by atoms with Crippen LogP contribution in [0.1, 0.15) is 30.3 Å². The lowest BCUT2D eigenvalue weighted by Crippen LogP contribution is -2.11. The van der Waals surface area contributed by atoms with E-state index >= 15 is 0 Å². The molecule has 0 saturated heterocycles. The lowest BCUT2D eigenvalue weighted by molar-refractivity contribution is 0.0309. The average molecular weight is 226 g/mol. The molecule has 0 aliphatic heterocycles. The average Bonchev–Trinajstić information content (AvgIpc) is 2.70. The van der Waals surface area contributed by atoms with Gasteiger partial charge in [0, 0.05) is 12.8 Å². The molecule has 0 aromatic carbocycles. The third-order valence-corrected chi connectivity index (χ3v) is 2.03. The van der Waals surface area contributed by atoms with E-state index < -0.39 is 5.97 Å². The third kappa shape index (κ3) is 4.35. The molecule has 0 amide bonds. The molecule has 16 heavy (non-hydrogen) atoms. The molecule has 0 fully saturated rings. The van der Waals surface area contributed by atoms with Crippen molar-refractivity contribution in [2.75, 3.05) is 25.6 Å². The predicted octanol–water partition coefficient (Wildman–Crippen LogP) is 1.57. The highest BCUT2D eigenvalue weighted by Gasteiger charge is 2.08. The first-order valence-electron chi connectivity index (χ1n) is 5.42. The van der Waals surface area contributed by atoms with Crippen LogP contribution in [0.15, 0.2) is 12.3 Å². The van der Waals surface area contributed by atoms with Gasteiger partial charge in [0.15, 0.2) is 0 Å². The summed E-state index contributed by atoms with van der Waals surface area (Å²) < 4.78 is 10.2. The molecule has 1 aromatic rings. The van der Waals surface area contributed by atoms with E-state index in [2.05, 4.69) is 11.9 Å². The highest BCUT2D eigenvalue weighted by atomic mass is 16.6. The number of esters is 1. The Labute approximate surface area is 94.9 Å². The summed E-state index contributed by atoms with van der Waals surface area (Å²) in [6.45, 7) is 3.51. The molecule has 5 nitrogen and oxygen atoms in total. The Bertz CT molecular complexity index is 323. The molecular formula is C11H18N2O3. The molecule has 0 saturated carbocycles. The molecule has 0 unspecified atom stereocenters. The lowest BCUT2D eigenvalue weighted by atomic mass is 10.4. The maximum Gasteiger partial charge on any atom is 0.354 e. The Balaban J connectivity index is 2.11. The minimum Gasteiger partial charge on any atom is -0.459 e. The standard InChI is InChI=1S/C11H18N2O3/c1-2-3-4-15-5-6-16-11(14)10-7-9(12)8-13-10/h7-8,13H,2-6,12H2,1H3. The zero-order valence-corrected chi connectivity index (χ0v) is 9.49. The van der Waals surface area contributed by atoms with Gasteiger partial charge in [-0.3, -0.25) is 0 Å². The Morgan fingerprint density at radius 2 is 2.25 bits per heavy atom. The molecular weight excluding hydrogens is 208 g/mol. The van der Waals surface area contributed by atoms with Gasteiger partial charge in [-0.25, -0.2) is 4.79 Å². The molecule has 3 N–H and O–H groups in total. The van der Waals surface area contributed by atoms with Gasteiger partial charge in [-0.2, -0.15) is 0 Å². The maximum atomic E-state index is 11.4. The van der Waals surface area contributed by atoms with Crippen LogP contribution >= 0.6 is 0 Å². The van der Waals surface area contributed by atoms with Crippen molar-refractivity contribution >= 4 is 11.7 Å². The first kappa shape index (κ1) is 12.6. The van der Waals surface area contributed by atoms with Gasteiger partial charge in [0.05, 0.1) is 12.3 Å². The second kappa shape index (κ2) is 6.90. The van der Waals surface area contributed by atoms with E-state index in [-0.39, 0.29) is 6.61 Å². The summed E-state index contributed by atoms with van der Waals surface area (Å²) in [5, 5.41) is 0. The van der Waals surface area contributed by atoms with Gasteiger partial charge in [-0.05, 0) is 12.5 Å². The Morgan fingerprint density at radius 1 is 1.44 bits per heavy atom. The zero-order valence-electron chi connectivity index (χ0n) is 9.49. The highest BCUT2D eigenvalue weighted by Crippen LogP contribution is 2.05. The molecule has 0 bridgehead atoms. The van der Waals surface area contributed by atoms with Crippen molar-refractivity contribution in [1.82, 2.24) is 4.98 Å². The number of H-pyrrole nitrogens is 1. The summed E-state index contributed by atoms with van der Waals surface area (Å²) in [6, 6.07) is 1.54. The van der Waals surface area contributed by atoms with Crippen LogP contribution < -0.4 is 5.73 Å². The first-order chi connectivity index (χ1) is 7.74. The van der Waals surface area contributed by atoms with Crippen LogP contribution in [0.5, 0.6) is 0 Å². The van der Waals surface area contributed by atoms with Crippen molar-refractivity contribution in [3.05, 3.63) is 18.0 Å². The molecule has 0 spiro atoms. The monoisotopic (exact) mass is 226 g/mol. The van der Waals surface area contributed by atoms with Crippen LogP contribution in [0, 0.1) is 0 Å². The number of rotatable bonds is 7. The number of nitrogen functional groups attached to an aromatic ring is 1. The Morgan fingerprint density at radius 3 is 2.88 bits per heavy atom. The number of aromatic nitrogens is 1. The lowest BCUT2D eigenvalue weighted by Gasteiger charge is -2.04. The smallest absolute Gasteiger partial charge is 0.354 e. The number of anilines is 1. The quantitative estimate of drug-likeness (QED) is 0.546. The van der Waals surface area contributed by atoms with Crippen LogP contribution in [0.25, 0.3) is 0 Å². The molecule has 0 radical (unpaired) electrons. The summed E-state index contributed by atoms with van der Waals surface area (Å²) in [6.07, 6.45) is 3.68. The van der Waals surface area contributed by atoms with Crippen LogP contribution in [-0.2, 0) is 9.47 Å². The van der Waals surface area contributed by atoms with E-state index in [1.807, 2.05) is 0 Å². The summed E-state index contributed by atoms with van der Waals surface area (Å²) in [7, 11) is 0. The van der Waals surface area contributed by atoms with E-state index in [1.165, 1.54) is 0 Å². The summed E-state index contributed by atoms with van der Waals surface area (Å²) in [5.41, 5.74) is 6.35. The van der Waals surface area contributed by atoms with Gasteiger partial charge in [0.2, 0.25) is 0 Å². The van der Waals surface area contributed by atoms with Gasteiger partial charge in [-0.1, -0.05) is 13.3 Å². The summed E-state index contributed by atoms with van der Waals surface area (Å²) in [5.74, 6) is -0.407. The Hall–Kier alpha value is -1.49. The van der Waals surface area contributed by atoms with Crippen molar-refractivity contribution in [2.45, 2.75) is 19.8 Å². The van der Waals surface area contributed by atoms with Gasteiger partial charge in [-0.15, -0.1) is 0 Å². The van der Waals surface area contributed by atoms with Gasteiger partial charge in [0.25, 0.3) is 0 Å². The van der Waals surface area contributed by atoms with Crippen molar-refractivity contribution < 1.29 is 14.3 Å². The second-order valence-electron chi connectivity index (χ2n) is 3.45. The predicted molar refractivity (Wildman–Crippen MR) is 61.2 cm³/mol. The number of nitrogens with two attached hydrogens (primary N) is 1. The van der Waals surface area contributed by atoms with Crippen molar-refractivity contribution in [3.63, 3.8) is 0 Å². The largest absolute Gasteiger partial charge is 0.459 e. The van der Waals surface area contributed by atoms with E-state index in [9.17, 15) is 4.79 Å². The first-order valence-corrected chi connectivity index (χ1v) is 5.42. The summed E-state index contributed by atoms with van der Waals surface area (Å²) in [4.78, 5) is 14.1. The van der Waals surface area contributed by atoms with Crippen molar-refractivity contribution in [1.29, 1.82) is 0 Å². The minimum atomic E-state index is -0.407. The highest BCUT2D eigenvalue weighted by molar-refractivity contribution is 5.88. The number of aromatic amines is 1. The zero-order chi connectivity index (χ0) is 11.8. The SMILES string of the molecule is CCCCOCCOC(=O)c1cc(N)c[nH]1. The summed E-state index contributed by atoms with van der Waals surface area (Å²) >= 11 is 0. The number of ether oxygens (including phenoxy) is 2. The van der Waals surface area contributed by atoms with E-state index in [4.69, 9.17) is 15.2 Å². The minimum absolute atomic E-state index is 0.265. The molecule has 1 rings (SSSR count). The molecule has 0 atom stereocenters. The number of nitrogens with one attached hydrogen (secondary N) is 1. The fraction of sp³-hybridized carbons (Fsp3) is 0.545. The maximum absolute atomic E-state index is 11.4. The van der Waals surface area contributed by atoms with Gasteiger partial charge < -0.3 is 20.2 Å². The van der Waals surface area contributed by atoms with Crippen LogP contribution in [0.3, 0.4) is 0 Å². The topological polar surface area (TPSA) is 77.3 Å². The van der Waals surface area contributed by atoms with Crippen molar-refractivity contribution in [2.24, 2.45) is 0 Å². The number of unbranched alkanes of at least 4 members (excludes halogenated alkanes) is 1. The van der Waals surface area contributed by atoms with Crippen molar-refractivity contribution in [3.8, 4) is 0 Å². The Kier molecular flexibility index (Phi) is 5.42. The van der Waals surface area contributed by atoms with Crippen LogP contribution in [0.4, 0.5) is 5.69 Å². The van der Waals surface area contributed by atoms with Gasteiger partial charge >= 0.3 is 5.97 Å². The fourth-order valence-corrected chi connectivity index (χ4v) is 1.15. The number of carbonyl (C=O) groups is 1. The second-order valence-corrected chi connectivity index (χ2v) is 3.45. The molecule has 1 aromatic heterocycles. The number of carbonyl (C=O) groups excluding carboxylic acids is 1. The number of hydrogen-bond donors (Lipinski definition) is 2. The van der Waals surface area contributed by atoms with E-state index in [0.29, 0.717) is 24.6 Å². The van der Waals surface area contributed by atoms with Gasteiger partial charge in [0.1, 0.15) is 12.3 Å².